The smallest absolute Gasteiger partial charge is 0.250 e. The molecule has 1 atom stereocenters. The molecule has 3 N–H and O–H groups in total. The molecule has 2 heterocycles. The molecule has 2 aliphatic rings. The molecule has 0 bridgehead atoms. The number of fused-ring (bicyclic) bond motifs is 1. The third-order valence-electron chi connectivity index (χ3n) is 5.90. The zero-order chi connectivity index (χ0) is 20.4. The topological polar surface area (TPSA) is 78.7 Å². The molecule has 2 amide bonds. The van der Waals surface area contributed by atoms with E-state index in [1.807, 2.05) is 41.3 Å². The molecule has 6 heteroatoms. The van der Waals surface area contributed by atoms with Crippen LogP contribution in [0.15, 0.2) is 42.5 Å². The van der Waals surface area contributed by atoms with Gasteiger partial charge in [0.2, 0.25) is 5.91 Å². The third-order valence-corrected chi connectivity index (χ3v) is 5.90. The molecule has 2 aromatic rings. The molecule has 29 heavy (non-hydrogen) atoms. The van der Waals surface area contributed by atoms with Crippen molar-refractivity contribution < 1.29 is 9.59 Å². The van der Waals surface area contributed by atoms with Gasteiger partial charge in [0.15, 0.2) is 0 Å². The Morgan fingerprint density at radius 2 is 1.86 bits per heavy atom. The Balaban J connectivity index is 1.49. The minimum Gasteiger partial charge on any atom is -0.375 e. The van der Waals surface area contributed by atoms with E-state index in [9.17, 15) is 9.59 Å². The molecule has 4 rings (SSSR count). The molecule has 152 valence electrons. The largest absolute Gasteiger partial charge is 0.375 e. The molecule has 0 saturated carbocycles. The Bertz CT molecular complexity index is 921. The second kappa shape index (κ2) is 8.15. The van der Waals surface area contributed by atoms with Crippen LogP contribution in [-0.4, -0.2) is 37.5 Å². The molecule has 0 aliphatic carbocycles. The first-order chi connectivity index (χ1) is 14.0. The molecule has 6 nitrogen and oxygen atoms in total. The van der Waals surface area contributed by atoms with Gasteiger partial charge in [-0.3, -0.25) is 9.59 Å². The lowest BCUT2D eigenvalue weighted by Gasteiger charge is -2.29. The number of benzene rings is 2. The van der Waals surface area contributed by atoms with Gasteiger partial charge in [0.25, 0.3) is 5.91 Å². The summed E-state index contributed by atoms with van der Waals surface area (Å²) in [6.45, 7) is 4.16. The standard InChI is InChI=1S/C23H28N4O2/c1-16-13-17-7-3-4-8-21(17)27(16)22(28)15-25-20-10-9-18(14-19(20)23(24)29)26-11-5-2-6-12-26/h3-4,7-10,14,16,25H,2,5-6,11-13,15H2,1H3,(H2,24,29)/t16-/m0/s1. The lowest BCUT2D eigenvalue weighted by Crippen LogP contribution is -2.39. The number of rotatable bonds is 5. The number of nitrogens with one attached hydrogen (secondary N) is 1. The van der Waals surface area contributed by atoms with Gasteiger partial charge in [0, 0.05) is 36.2 Å². The van der Waals surface area contributed by atoms with Crippen LogP contribution in [0.2, 0.25) is 0 Å². The maximum atomic E-state index is 12.9. The molecular formula is C23H28N4O2. The van der Waals surface area contributed by atoms with Crippen molar-refractivity contribution in [3.63, 3.8) is 0 Å². The summed E-state index contributed by atoms with van der Waals surface area (Å²) in [5, 5.41) is 3.14. The number of carbonyl (C=O) groups is 2. The van der Waals surface area contributed by atoms with E-state index >= 15 is 0 Å². The summed E-state index contributed by atoms with van der Waals surface area (Å²) in [6, 6.07) is 13.8. The summed E-state index contributed by atoms with van der Waals surface area (Å²) in [4.78, 5) is 29.1. The zero-order valence-corrected chi connectivity index (χ0v) is 16.9. The van der Waals surface area contributed by atoms with Gasteiger partial charge in [0.1, 0.15) is 0 Å². The molecule has 0 aromatic heterocycles. The number of nitrogens with two attached hydrogens (primary N) is 1. The Morgan fingerprint density at radius 3 is 2.62 bits per heavy atom. The number of anilines is 3. The van der Waals surface area contributed by atoms with Crippen LogP contribution >= 0.6 is 0 Å². The highest BCUT2D eigenvalue weighted by molar-refractivity contribution is 6.02. The maximum absolute atomic E-state index is 12.9. The van der Waals surface area contributed by atoms with E-state index in [0.29, 0.717) is 11.3 Å². The molecule has 1 fully saturated rings. The number of carbonyl (C=O) groups excluding carboxylic acids is 2. The first-order valence-corrected chi connectivity index (χ1v) is 10.4. The van der Waals surface area contributed by atoms with Gasteiger partial charge in [-0.25, -0.2) is 0 Å². The van der Waals surface area contributed by atoms with E-state index in [1.54, 1.807) is 0 Å². The van der Waals surface area contributed by atoms with E-state index in [4.69, 9.17) is 5.73 Å². The fourth-order valence-corrected chi connectivity index (χ4v) is 4.44. The summed E-state index contributed by atoms with van der Waals surface area (Å²) in [5.74, 6) is -0.503. The summed E-state index contributed by atoms with van der Waals surface area (Å²) in [6.07, 6.45) is 4.43. The Hall–Kier alpha value is -3.02. The van der Waals surface area contributed by atoms with Gasteiger partial charge in [0.05, 0.1) is 12.1 Å². The van der Waals surface area contributed by atoms with Crippen LogP contribution < -0.4 is 20.9 Å². The monoisotopic (exact) mass is 392 g/mol. The van der Waals surface area contributed by atoms with Crippen LogP contribution in [0.25, 0.3) is 0 Å². The number of hydrogen-bond donors (Lipinski definition) is 2. The average molecular weight is 393 g/mol. The Labute approximate surface area is 171 Å². The van der Waals surface area contributed by atoms with Crippen molar-refractivity contribution in [1.29, 1.82) is 0 Å². The van der Waals surface area contributed by atoms with Crippen molar-refractivity contribution in [3.05, 3.63) is 53.6 Å². The number of amides is 2. The Kier molecular flexibility index (Phi) is 5.43. The van der Waals surface area contributed by atoms with Crippen LogP contribution in [0.5, 0.6) is 0 Å². The van der Waals surface area contributed by atoms with E-state index in [0.717, 1.165) is 43.7 Å². The summed E-state index contributed by atoms with van der Waals surface area (Å²) in [7, 11) is 0. The van der Waals surface area contributed by atoms with Crippen molar-refractivity contribution in [2.45, 2.75) is 38.6 Å². The van der Waals surface area contributed by atoms with Crippen LogP contribution in [0.4, 0.5) is 17.1 Å². The minimum absolute atomic E-state index is 0.0158. The van der Waals surface area contributed by atoms with Gasteiger partial charge in [-0.05, 0) is 62.4 Å². The van der Waals surface area contributed by atoms with Crippen molar-refractivity contribution in [2.24, 2.45) is 5.73 Å². The van der Waals surface area contributed by atoms with Gasteiger partial charge in [-0.15, -0.1) is 0 Å². The molecular weight excluding hydrogens is 364 g/mol. The first-order valence-electron chi connectivity index (χ1n) is 10.4. The normalized spacial score (nSPS) is 18.4. The highest BCUT2D eigenvalue weighted by Gasteiger charge is 2.30. The molecule has 0 spiro atoms. The third kappa shape index (κ3) is 3.92. The predicted molar refractivity (Wildman–Crippen MR) is 117 cm³/mol. The van der Waals surface area contributed by atoms with E-state index in [-0.39, 0.29) is 18.5 Å². The van der Waals surface area contributed by atoms with Gasteiger partial charge >= 0.3 is 0 Å². The van der Waals surface area contributed by atoms with Gasteiger partial charge in [-0.1, -0.05) is 18.2 Å². The first kappa shape index (κ1) is 19.3. The SMILES string of the molecule is C[C@H]1Cc2ccccc2N1C(=O)CNc1ccc(N2CCCCC2)cc1C(N)=O. The quantitative estimate of drug-likeness (QED) is 0.819. The van der Waals surface area contributed by atoms with E-state index in [2.05, 4.69) is 23.2 Å². The highest BCUT2D eigenvalue weighted by Crippen LogP contribution is 2.32. The zero-order valence-electron chi connectivity index (χ0n) is 16.9. The highest BCUT2D eigenvalue weighted by atomic mass is 16.2. The summed E-state index contributed by atoms with van der Waals surface area (Å²) in [5.41, 5.74) is 9.84. The van der Waals surface area contributed by atoms with Crippen LogP contribution in [0.3, 0.4) is 0 Å². The second-order valence-corrected chi connectivity index (χ2v) is 7.94. The maximum Gasteiger partial charge on any atom is 0.250 e. The molecule has 1 saturated heterocycles. The summed E-state index contributed by atoms with van der Waals surface area (Å²) < 4.78 is 0. The molecule has 0 unspecified atom stereocenters. The molecule has 2 aliphatic heterocycles. The van der Waals surface area contributed by atoms with Crippen molar-refractivity contribution in [1.82, 2.24) is 0 Å². The number of primary amides is 1. The predicted octanol–water partition coefficient (Wildman–Crippen LogP) is 3.17. The van der Waals surface area contributed by atoms with E-state index < -0.39 is 5.91 Å². The Morgan fingerprint density at radius 1 is 1.10 bits per heavy atom. The fourth-order valence-electron chi connectivity index (χ4n) is 4.44. The van der Waals surface area contributed by atoms with Crippen LogP contribution in [0, 0.1) is 0 Å². The molecule has 2 aromatic carbocycles. The van der Waals surface area contributed by atoms with Gasteiger partial charge < -0.3 is 20.9 Å². The number of nitrogens with zero attached hydrogens (tertiary/aromatic N) is 2. The lowest BCUT2D eigenvalue weighted by molar-refractivity contribution is -0.117. The van der Waals surface area contributed by atoms with Crippen molar-refractivity contribution in [2.75, 3.05) is 34.8 Å². The van der Waals surface area contributed by atoms with Gasteiger partial charge in [-0.2, -0.15) is 0 Å². The number of para-hydroxylation sites is 1. The van der Waals surface area contributed by atoms with Crippen molar-refractivity contribution >= 4 is 28.9 Å². The number of hydrogen-bond acceptors (Lipinski definition) is 4. The minimum atomic E-state index is -0.487. The van der Waals surface area contributed by atoms with Crippen molar-refractivity contribution in [3.8, 4) is 0 Å². The fraction of sp³-hybridized carbons (Fsp3) is 0.391. The van der Waals surface area contributed by atoms with E-state index in [1.165, 1.54) is 12.0 Å². The molecule has 0 radical (unpaired) electrons. The number of piperidine rings is 1. The lowest BCUT2D eigenvalue weighted by atomic mass is 10.1. The van der Waals surface area contributed by atoms with Crippen LogP contribution in [0.1, 0.15) is 42.1 Å². The summed E-state index contributed by atoms with van der Waals surface area (Å²) >= 11 is 0. The average Bonchev–Trinajstić information content (AvgIpc) is 3.08. The van der Waals surface area contributed by atoms with Crippen LogP contribution in [-0.2, 0) is 11.2 Å². The second-order valence-electron chi connectivity index (χ2n) is 7.94.